The number of hydrogen-bond acceptors (Lipinski definition) is 6. The van der Waals surface area contributed by atoms with Gasteiger partial charge in [0.25, 0.3) is 5.89 Å². The van der Waals surface area contributed by atoms with E-state index in [1.807, 2.05) is 27.0 Å². The molecule has 3 aromatic heterocycles. The molecular formula is C14H18N6O. The molecule has 0 saturated heterocycles. The lowest BCUT2D eigenvalue weighted by Crippen LogP contribution is -2.24. The summed E-state index contributed by atoms with van der Waals surface area (Å²) in [4.78, 5) is 8.83. The van der Waals surface area contributed by atoms with Crippen LogP contribution in [-0.2, 0) is 6.42 Å². The summed E-state index contributed by atoms with van der Waals surface area (Å²) in [5.41, 5.74) is 3.49. The van der Waals surface area contributed by atoms with E-state index in [-0.39, 0.29) is 0 Å². The van der Waals surface area contributed by atoms with Crippen LogP contribution in [0.1, 0.15) is 24.1 Å². The van der Waals surface area contributed by atoms with E-state index < -0.39 is 0 Å². The number of aromatic nitrogens is 5. The molecule has 1 unspecified atom stereocenters. The number of rotatable bonds is 4. The monoisotopic (exact) mass is 286 g/mol. The van der Waals surface area contributed by atoms with E-state index in [0.717, 1.165) is 29.0 Å². The smallest absolute Gasteiger partial charge is 0.261 e. The van der Waals surface area contributed by atoms with Gasteiger partial charge in [-0.2, -0.15) is 10.1 Å². The molecule has 0 aliphatic carbocycles. The Kier molecular flexibility index (Phi) is 3.42. The molecule has 3 rings (SSSR count). The molecule has 0 aliphatic rings. The summed E-state index contributed by atoms with van der Waals surface area (Å²) in [7, 11) is 1.91. The summed E-state index contributed by atoms with van der Waals surface area (Å²) in [6.07, 6.45) is 2.47. The maximum absolute atomic E-state index is 5.36. The number of aryl methyl sites for hydroxylation is 2. The SMILES string of the molecule is CNC(C)Cc1noc(-c2cnc3cc(C)nn3c2C)n1. The molecule has 0 aromatic carbocycles. The van der Waals surface area contributed by atoms with Gasteiger partial charge < -0.3 is 9.84 Å². The van der Waals surface area contributed by atoms with E-state index >= 15 is 0 Å². The van der Waals surface area contributed by atoms with E-state index in [2.05, 4.69) is 32.5 Å². The van der Waals surface area contributed by atoms with Crippen molar-refractivity contribution in [2.45, 2.75) is 33.2 Å². The molecule has 0 radical (unpaired) electrons. The molecule has 1 atom stereocenters. The zero-order valence-electron chi connectivity index (χ0n) is 12.6. The predicted octanol–water partition coefficient (Wildman–Crippen LogP) is 1.55. The van der Waals surface area contributed by atoms with Crippen molar-refractivity contribution in [3.63, 3.8) is 0 Å². The van der Waals surface area contributed by atoms with Crippen molar-refractivity contribution in [1.82, 2.24) is 30.1 Å². The first-order valence-corrected chi connectivity index (χ1v) is 6.90. The lowest BCUT2D eigenvalue weighted by atomic mass is 10.2. The van der Waals surface area contributed by atoms with Crippen molar-refractivity contribution in [3.05, 3.63) is 29.5 Å². The molecule has 110 valence electrons. The van der Waals surface area contributed by atoms with Gasteiger partial charge in [0.2, 0.25) is 0 Å². The van der Waals surface area contributed by atoms with Gasteiger partial charge in [-0.3, -0.25) is 0 Å². The maximum atomic E-state index is 5.36. The molecule has 0 aliphatic heterocycles. The largest absolute Gasteiger partial charge is 0.334 e. The van der Waals surface area contributed by atoms with Crippen LogP contribution in [0.15, 0.2) is 16.8 Å². The molecule has 0 fully saturated rings. The topological polar surface area (TPSA) is 81.1 Å². The van der Waals surface area contributed by atoms with Gasteiger partial charge in [-0.15, -0.1) is 0 Å². The molecule has 7 nitrogen and oxygen atoms in total. The lowest BCUT2D eigenvalue weighted by molar-refractivity contribution is 0.417. The molecule has 0 saturated carbocycles. The van der Waals surface area contributed by atoms with Gasteiger partial charge in [-0.25, -0.2) is 9.50 Å². The van der Waals surface area contributed by atoms with Crippen molar-refractivity contribution in [2.24, 2.45) is 0 Å². The van der Waals surface area contributed by atoms with Crippen LogP contribution in [0.4, 0.5) is 0 Å². The molecule has 0 amide bonds. The van der Waals surface area contributed by atoms with Gasteiger partial charge in [-0.05, 0) is 27.8 Å². The Balaban J connectivity index is 1.98. The van der Waals surface area contributed by atoms with E-state index in [9.17, 15) is 0 Å². The Bertz CT molecular complexity index is 775. The van der Waals surface area contributed by atoms with E-state index in [4.69, 9.17) is 4.52 Å². The average Bonchev–Trinajstić information content (AvgIpc) is 3.05. The van der Waals surface area contributed by atoms with E-state index in [1.165, 1.54) is 0 Å². The summed E-state index contributed by atoms with van der Waals surface area (Å²) >= 11 is 0. The highest BCUT2D eigenvalue weighted by atomic mass is 16.5. The first-order chi connectivity index (χ1) is 10.1. The van der Waals surface area contributed by atoms with Crippen LogP contribution in [0.25, 0.3) is 17.1 Å². The van der Waals surface area contributed by atoms with Gasteiger partial charge in [-0.1, -0.05) is 5.16 Å². The molecule has 7 heteroatoms. The van der Waals surface area contributed by atoms with Gasteiger partial charge in [0.1, 0.15) is 0 Å². The first-order valence-electron chi connectivity index (χ1n) is 6.90. The quantitative estimate of drug-likeness (QED) is 0.783. The Morgan fingerprint density at radius 2 is 2.19 bits per heavy atom. The minimum absolute atomic E-state index is 0.297. The minimum Gasteiger partial charge on any atom is -0.334 e. The van der Waals surface area contributed by atoms with Crippen molar-refractivity contribution >= 4 is 5.65 Å². The average molecular weight is 286 g/mol. The predicted molar refractivity (Wildman–Crippen MR) is 78.0 cm³/mol. The van der Waals surface area contributed by atoms with E-state index in [0.29, 0.717) is 17.8 Å². The van der Waals surface area contributed by atoms with Crippen LogP contribution < -0.4 is 5.32 Å². The third-order valence-corrected chi connectivity index (χ3v) is 3.53. The molecule has 1 N–H and O–H groups in total. The van der Waals surface area contributed by atoms with Crippen molar-refractivity contribution in [1.29, 1.82) is 0 Å². The molecule has 0 bridgehead atoms. The van der Waals surface area contributed by atoms with Gasteiger partial charge in [0, 0.05) is 24.7 Å². The van der Waals surface area contributed by atoms with Gasteiger partial charge >= 0.3 is 0 Å². The Morgan fingerprint density at radius 1 is 1.38 bits per heavy atom. The van der Waals surface area contributed by atoms with Crippen LogP contribution in [0.5, 0.6) is 0 Å². The maximum Gasteiger partial charge on any atom is 0.261 e. The standard InChI is InChI=1S/C14H18N6O/c1-8(15-4)5-12-17-14(21-19-12)11-7-16-13-6-9(2)18-20(13)10(11)3/h6-8,15H,5H2,1-4H3. The molecule has 21 heavy (non-hydrogen) atoms. The summed E-state index contributed by atoms with van der Waals surface area (Å²) < 4.78 is 7.16. The van der Waals surface area contributed by atoms with Crippen molar-refractivity contribution in [3.8, 4) is 11.5 Å². The Morgan fingerprint density at radius 3 is 2.95 bits per heavy atom. The second-order valence-electron chi connectivity index (χ2n) is 5.22. The summed E-state index contributed by atoms with van der Waals surface area (Å²) in [5.74, 6) is 1.16. The van der Waals surface area contributed by atoms with Crippen molar-refractivity contribution in [2.75, 3.05) is 7.05 Å². The Hall–Kier alpha value is -2.28. The molecule has 3 aromatic rings. The summed E-state index contributed by atoms with van der Waals surface area (Å²) in [6.45, 7) is 5.98. The lowest BCUT2D eigenvalue weighted by Gasteiger charge is -2.05. The summed E-state index contributed by atoms with van der Waals surface area (Å²) in [5, 5.41) is 11.6. The highest BCUT2D eigenvalue weighted by Crippen LogP contribution is 2.21. The van der Waals surface area contributed by atoms with Crippen LogP contribution in [0.2, 0.25) is 0 Å². The number of fused-ring (bicyclic) bond motifs is 1. The van der Waals surface area contributed by atoms with Crippen LogP contribution >= 0.6 is 0 Å². The van der Waals surface area contributed by atoms with E-state index in [1.54, 1.807) is 10.7 Å². The normalized spacial score (nSPS) is 13.0. The fourth-order valence-electron chi connectivity index (χ4n) is 2.19. The molecule has 0 spiro atoms. The zero-order chi connectivity index (χ0) is 15.0. The second-order valence-corrected chi connectivity index (χ2v) is 5.22. The first kappa shape index (κ1) is 13.7. The second kappa shape index (κ2) is 5.25. The number of hydrogen-bond donors (Lipinski definition) is 1. The highest BCUT2D eigenvalue weighted by molar-refractivity contribution is 5.58. The zero-order valence-corrected chi connectivity index (χ0v) is 12.6. The van der Waals surface area contributed by atoms with Crippen molar-refractivity contribution < 1.29 is 4.52 Å². The Labute approximate surface area is 122 Å². The third-order valence-electron chi connectivity index (χ3n) is 3.53. The van der Waals surface area contributed by atoms with Crippen LogP contribution in [0, 0.1) is 13.8 Å². The number of likely N-dealkylation sites (N-methyl/N-ethyl adjacent to an activating group) is 1. The summed E-state index contributed by atoms with van der Waals surface area (Å²) in [6, 6.07) is 2.23. The molecule has 3 heterocycles. The molecular weight excluding hydrogens is 268 g/mol. The highest BCUT2D eigenvalue weighted by Gasteiger charge is 2.16. The number of nitrogens with one attached hydrogen (secondary N) is 1. The number of nitrogens with zero attached hydrogens (tertiary/aromatic N) is 5. The fourth-order valence-corrected chi connectivity index (χ4v) is 2.19. The third kappa shape index (κ3) is 2.52. The van der Waals surface area contributed by atoms with Gasteiger partial charge in [0.15, 0.2) is 11.5 Å². The van der Waals surface area contributed by atoms with Crippen LogP contribution in [-0.4, -0.2) is 37.8 Å². The van der Waals surface area contributed by atoms with Gasteiger partial charge in [0.05, 0.1) is 17.0 Å². The minimum atomic E-state index is 0.297. The fraction of sp³-hybridized carbons (Fsp3) is 0.429. The van der Waals surface area contributed by atoms with Crippen LogP contribution in [0.3, 0.4) is 0 Å².